The van der Waals surface area contributed by atoms with Crippen molar-refractivity contribution in [1.29, 1.82) is 0 Å². The SMILES string of the molecule is C=C[C](C)c1cc(F)cc(OCC(C)C)c1. The number of benzene rings is 1. The molecule has 1 aromatic rings. The van der Waals surface area contributed by atoms with Crippen molar-refractivity contribution in [1.82, 2.24) is 0 Å². The molecule has 1 rings (SSSR count). The van der Waals surface area contributed by atoms with Gasteiger partial charge >= 0.3 is 0 Å². The molecule has 2 heteroatoms. The first-order valence-corrected chi connectivity index (χ1v) is 5.42. The molecule has 87 valence electrons. The summed E-state index contributed by atoms with van der Waals surface area (Å²) in [5.74, 6) is 1.66. The predicted molar refractivity (Wildman–Crippen MR) is 64.9 cm³/mol. The van der Waals surface area contributed by atoms with Gasteiger partial charge in [0.05, 0.1) is 6.61 Å². The van der Waals surface area contributed by atoms with Gasteiger partial charge in [0.2, 0.25) is 0 Å². The third kappa shape index (κ3) is 3.69. The summed E-state index contributed by atoms with van der Waals surface area (Å²) in [7, 11) is 0. The summed E-state index contributed by atoms with van der Waals surface area (Å²) in [5.41, 5.74) is 0.814. The summed E-state index contributed by atoms with van der Waals surface area (Å²) in [5, 5.41) is 0. The maximum Gasteiger partial charge on any atom is 0.127 e. The molecule has 0 aliphatic carbocycles. The van der Waals surface area contributed by atoms with Crippen molar-refractivity contribution >= 4 is 0 Å². The lowest BCUT2D eigenvalue weighted by Crippen LogP contribution is -2.05. The molecule has 1 nitrogen and oxygen atoms in total. The fraction of sp³-hybridized carbons (Fsp3) is 0.357. The third-order valence-corrected chi connectivity index (χ3v) is 2.22. The van der Waals surface area contributed by atoms with Crippen LogP contribution in [0, 0.1) is 17.7 Å². The molecule has 0 saturated heterocycles. The van der Waals surface area contributed by atoms with Gasteiger partial charge < -0.3 is 4.74 Å². The Bertz CT molecular complexity index is 358. The van der Waals surface area contributed by atoms with Crippen LogP contribution in [0.15, 0.2) is 30.9 Å². The number of halogens is 1. The quantitative estimate of drug-likeness (QED) is 0.730. The summed E-state index contributed by atoms with van der Waals surface area (Å²) >= 11 is 0. The fourth-order valence-electron chi connectivity index (χ4n) is 1.25. The van der Waals surface area contributed by atoms with Gasteiger partial charge in [-0.05, 0) is 23.6 Å². The summed E-state index contributed by atoms with van der Waals surface area (Å²) in [6.45, 7) is 10.3. The fourth-order valence-corrected chi connectivity index (χ4v) is 1.25. The van der Waals surface area contributed by atoms with Crippen LogP contribution < -0.4 is 4.74 Å². The monoisotopic (exact) mass is 221 g/mol. The van der Waals surface area contributed by atoms with Gasteiger partial charge in [-0.3, -0.25) is 0 Å². The van der Waals surface area contributed by atoms with E-state index in [2.05, 4.69) is 20.4 Å². The zero-order valence-electron chi connectivity index (χ0n) is 10.1. The third-order valence-electron chi connectivity index (χ3n) is 2.22. The Morgan fingerprint density at radius 3 is 2.69 bits per heavy atom. The van der Waals surface area contributed by atoms with Gasteiger partial charge in [0.15, 0.2) is 0 Å². The molecule has 0 spiro atoms. The molecule has 1 aromatic carbocycles. The van der Waals surface area contributed by atoms with E-state index in [4.69, 9.17) is 4.74 Å². The molecule has 0 bridgehead atoms. The molecule has 0 N–H and O–H groups in total. The molecule has 0 heterocycles. The molecule has 0 fully saturated rings. The summed E-state index contributed by atoms with van der Waals surface area (Å²) in [4.78, 5) is 0. The van der Waals surface area contributed by atoms with Gasteiger partial charge in [-0.15, -0.1) is 6.58 Å². The highest BCUT2D eigenvalue weighted by atomic mass is 19.1. The zero-order chi connectivity index (χ0) is 12.1. The molecular weight excluding hydrogens is 203 g/mol. The molecule has 0 atom stereocenters. The van der Waals surface area contributed by atoms with Crippen LogP contribution in [0.1, 0.15) is 26.3 Å². The van der Waals surface area contributed by atoms with E-state index in [-0.39, 0.29) is 5.82 Å². The van der Waals surface area contributed by atoms with Crippen LogP contribution in [0.4, 0.5) is 4.39 Å². The minimum atomic E-state index is -0.280. The number of hydrogen-bond donors (Lipinski definition) is 0. The van der Waals surface area contributed by atoms with E-state index in [0.29, 0.717) is 18.3 Å². The average molecular weight is 221 g/mol. The van der Waals surface area contributed by atoms with Crippen LogP contribution in [-0.4, -0.2) is 6.61 Å². The van der Waals surface area contributed by atoms with E-state index >= 15 is 0 Å². The number of hydrogen-bond acceptors (Lipinski definition) is 1. The van der Waals surface area contributed by atoms with Crippen LogP contribution in [0.2, 0.25) is 0 Å². The molecule has 0 saturated carbocycles. The van der Waals surface area contributed by atoms with Crippen molar-refractivity contribution in [3.8, 4) is 5.75 Å². The van der Waals surface area contributed by atoms with E-state index < -0.39 is 0 Å². The lowest BCUT2D eigenvalue weighted by atomic mass is 10.0. The lowest BCUT2D eigenvalue weighted by Gasteiger charge is -2.12. The van der Waals surface area contributed by atoms with Crippen LogP contribution in [0.5, 0.6) is 5.75 Å². The molecule has 16 heavy (non-hydrogen) atoms. The summed E-state index contributed by atoms with van der Waals surface area (Å²) in [6.07, 6.45) is 1.71. The topological polar surface area (TPSA) is 9.23 Å². The molecule has 0 aliphatic rings. The molecular formula is C14H18FO. The van der Waals surface area contributed by atoms with Crippen molar-refractivity contribution in [3.05, 3.63) is 48.2 Å². The first-order chi connectivity index (χ1) is 7.52. The molecule has 0 aromatic heterocycles. The van der Waals surface area contributed by atoms with Gasteiger partial charge in [0, 0.05) is 12.0 Å². The van der Waals surface area contributed by atoms with E-state index in [9.17, 15) is 4.39 Å². The Balaban J connectivity index is 2.85. The van der Waals surface area contributed by atoms with E-state index in [1.807, 2.05) is 13.0 Å². The van der Waals surface area contributed by atoms with Gasteiger partial charge in [-0.1, -0.05) is 26.8 Å². The maximum atomic E-state index is 13.3. The Kier molecular flexibility index (Phi) is 4.53. The van der Waals surface area contributed by atoms with Crippen LogP contribution in [-0.2, 0) is 0 Å². The maximum absolute atomic E-state index is 13.3. The molecule has 0 aliphatic heterocycles. The van der Waals surface area contributed by atoms with Crippen LogP contribution >= 0.6 is 0 Å². The second kappa shape index (κ2) is 5.69. The van der Waals surface area contributed by atoms with E-state index in [1.165, 1.54) is 12.1 Å². The average Bonchev–Trinajstić information content (AvgIpc) is 2.24. The second-order valence-electron chi connectivity index (χ2n) is 4.27. The first-order valence-electron chi connectivity index (χ1n) is 5.42. The largest absolute Gasteiger partial charge is 0.493 e. The summed E-state index contributed by atoms with van der Waals surface area (Å²) < 4.78 is 18.8. The van der Waals surface area contributed by atoms with Crippen molar-refractivity contribution in [2.24, 2.45) is 5.92 Å². The highest BCUT2D eigenvalue weighted by Gasteiger charge is 2.07. The van der Waals surface area contributed by atoms with Crippen molar-refractivity contribution in [2.45, 2.75) is 20.8 Å². The van der Waals surface area contributed by atoms with E-state index in [0.717, 1.165) is 11.5 Å². The minimum Gasteiger partial charge on any atom is -0.493 e. The van der Waals surface area contributed by atoms with Crippen LogP contribution in [0.25, 0.3) is 0 Å². The predicted octanol–water partition coefficient (Wildman–Crippen LogP) is 3.99. The van der Waals surface area contributed by atoms with Gasteiger partial charge in [0.1, 0.15) is 11.6 Å². The molecule has 0 amide bonds. The molecule has 1 radical (unpaired) electrons. The van der Waals surface area contributed by atoms with Gasteiger partial charge in [0.25, 0.3) is 0 Å². The first kappa shape index (κ1) is 12.8. The second-order valence-corrected chi connectivity index (χ2v) is 4.27. The Hall–Kier alpha value is -1.31. The van der Waals surface area contributed by atoms with Crippen molar-refractivity contribution in [2.75, 3.05) is 6.61 Å². The Morgan fingerprint density at radius 2 is 2.12 bits per heavy atom. The standard InChI is InChI=1S/C14H18FO/c1-5-11(4)12-6-13(15)8-14(7-12)16-9-10(2)3/h5-8,10H,1,9H2,2-4H3. The highest BCUT2D eigenvalue weighted by molar-refractivity contribution is 5.40. The Morgan fingerprint density at radius 1 is 1.44 bits per heavy atom. The number of ether oxygens (including phenoxy) is 1. The molecule has 0 unspecified atom stereocenters. The number of allylic oxidation sites excluding steroid dienone is 1. The lowest BCUT2D eigenvalue weighted by molar-refractivity contribution is 0.270. The van der Waals surface area contributed by atoms with E-state index in [1.54, 1.807) is 6.08 Å². The van der Waals surface area contributed by atoms with Crippen molar-refractivity contribution < 1.29 is 9.13 Å². The van der Waals surface area contributed by atoms with Gasteiger partial charge in [-0.25, -0.2) is 4.39 Å². The van der Waals surface area contributed by atoms with Gasteiger partial charge in [-0.2, -0.15) is 0 Å². The van der Waals surface area contributed by atoms with Crippen LogP contribution in [0.3, 0.4) is 0 Å². The number of rotatable bonds is 5. The highest BCUT2D eigenvalue weighted by Crippen LogP contribution is 2.23. The zero-order valence-corrected chi connectivity index (χ0v) is 10.1. The summed E-state index contributed by atoms with van der Waals surface area (Å²) in [6, 6.07) is 4.73. The van der Waals surface area contributed by atoms with Crippen molar-refractivity contribution in [3.63, 3.8) is 0 Å². The minimum absolute atomic E-state index is 0.280. The normalized spacial score (nSPS) is 10.9. The Labute approximate surface area is 96.9 Å². The smallest absolute Gasteiger partial charge is 0.127 e.